The number of anilines is 1. The van der Waals surface area contributed by atoms with Gasteiger partial charge in [-0.3, -0.25) is 0 Å². The first-order chi connectivity index (χ1) is 8.19. The van der Waals surface area contributed by atoms with Crippen molar-refractivity contribution in [1.82, 2.24) is 9.97 Å². The third-order valence-corrected chi connectivity index (χ3v) is 2.43. The van der Waals surface area contributed by atoms with Crippen LogP contribution in [0, 0.1) is 5.92 Å². The molecule has 0 radical (unpaired) electrons. The van der Waals surface area contributed by atoms with Crippen LogP contribution in [-0.4, -0.2) is 17.0 Å². The number of aromatic nitrogens is 2. The topological polar surface area (TPSA) is 51.0 Å². The first kappa shape index (κ1) is 11.6. The van der Waals surface area contributed by atoms with Gasteiger partial charge >= 0.3 is 0 Å². The van der Waals surface area contributed by atoms with Crippen molar-refractivity contribution in [2.24, 2.45) is 5.92 Å². The molecule has 0 aliphatic heterocycles. The summed E-state index contributed by atoms with van der Waals surface area (Å²) in [5, 5.41) is 3.06. The van der Waals surface area contributed by atoms with Gasteiger partial charge < -0.3 is 9.73 Å². The zero-order valence-corrected chi connectivity index (χ0v) is 10.4. The molecule has 0 bridgehead atoms. The molecular weight excluding hydrogens is 214 g/mol. The van der Waals surface area contributed by atoms with Gasteiger partial charge in [0.2, 0.25) is 0 Å². The van der Waals surface area contributed by atoms with E-state index in [-0.39, 0.29) is 0 Å². The number of hydrogen-bond donors (Lipinski definition) is 1. The first-order valence-electron chi connectivity index (χ1n) is 5.77. The van der Waals surface area contributed by atoms with Crippen LogP contribution in [0.25, 0.3) is 11.4 Å². The minimum Gasteiger partial charge on any atom is -0.472 e. The molecule has 0 aliphatic rings. The van der Waals surface area contributed by atoms with E-state index in [4.69, 9.17) is 4.42 Å². The van der Waals surface area contributed by atoms with Gasteiger partial charge in [0.15, 0.2) is 5.82 Å². The van der Waals surface area contributed by atoms with E-state index >= 15 is 0 Å². The molecule has 4 heteroatoms. The van der Waals surface area contributed by atoms with Gasteiger partial charge in [0.05, 0.1) is 11.8 Å². The van der Waals surface area contributed by atoms with Gasteiger partial charge in [-0.15, -0.1) is 0 Å². The maximum atomic E-state index is 5.06. The molecule has 0 aliphatic carbocycles. The number of furan rings is 1. The SMILES string of the molecule is CNc1cc(CC(C)C)nc(-c2ccoc2)n1. The van der Waals surface area contributed by atoms with E-state index in [0.29, 0.717) is 11.7 Å². The zero-order valence-electron chi connectivity index (χ0n) is 10.4. The number of nitrogens with one attached hydrogen (secondary N) is 1. The first-order valence-corrected chi connectivity index (χ1v) is 5.77. The molecule has 2 aromatic heterocycles. The lowest BCUT2D eigenvalue weighted by atomic mass is 10.1. The summed E-state index contributed by atoms with van der Waals surface area (Å²) in [6, 6.07) is 3.86. The van der Waals surface area contributed by atoms with E-state index in [1.54, 1.807) is 12.5 Å². The second-order valence-corrected chi connectivity index (χ2v) is 4.43. The molecule has 0 atom stereocenters. The van der Waals surface area contributed by atoms with Gasteiger partial charge in [0, 0.05) is 18.8 Å². The lowest BCUT2D eigenvalue weighted by Gasteiger charge is -2.08. The van der Waals surface area contributed by atoms with Crippen LogP contribution in [0.3, 0.4) is 0 Å². The molecule has 2 rings (SSSR count). The molecular formula is C13H17N3O. The van der Waals surface area contributed by atoms with Gasteiger partial charge in [-0.2, -0.15) is 0 Å². The maximum Gasteiger partial charge on any atom is 0.164 e. The lowest BCUT2D eigenvalue weighted by molar-refractivity contribution is 0.568. The van der Waals surface area contributed by atoms with Crippen LogP contribution in [0.15, 0.2) is 29.1 Å². The highest BCUT2D eigenvalue weighted by atomic mass is 16.3. The van der Waals surface area contributed by atoms with Crippen molar-refractivity contribution in [3.63, 3.8) is 0 Å². The smallest absolute Gasteiger partial charge is 0.164 e. The predicted octanol–water partition coefficient (Wildman–Crippen LogP) is 2.98. The Labute approximate surface area is 101 Å². The van der Waals surface area contributed by atoms with Crippen LogP contribution >= 0.6 is 0 Å². The Bertz CT molecular complexity index is 477. The van der Waals surface area contributed by atoms with Gasteiger partial charge in [0.25, 0.3) is 0 Å². The van der Waals surface area contributed by atoms with E-state index in [1.165, 1.54) is 0 Å². The van der Waals surface area contributed by atoms with Crippen LogP contribution in [0.2, 0.25) is 0 Å². The molecule has 0 saturated carbocycles. The van der Waals surface area contributed by atoms with Gasteiger partial charge in [-0.1, -0.05) is 13.8 Å². The second kappa shape index (κ2) is 4.99. The third kappa shape index (κ3) is 2.84. The van der Waals surface area contributed by atoms with E-state index < -0.39 is 0 Å². The van der Waals surface area contributed by atoms with Crippen LogP contribution in [0.5, 0.6) is 0 Å². The summed E-state index contributed by atoms with van der Waals surface area (Å²) in [6.07, 6.45) is 4.24. The lowest BCUT2D eigenvalue weighted by Crippen LogP contribution is -2.03. The Morgan fingerprint density at radius 3 is 2.76 bits per heavy atom. The van der Waals surface area contributed by atoms with Crippen molar-refractivity contribution in [2.45, 2.75) is 20.3 Å². The standard InChI is InChI=1S/C13H17N3O/c1-9(2)6-11-7-12(14-3)16-13(15-11)10-4-5-17-8-10/h4-5,7-9H,6H2,1-3H3,(H,14,15,16). The van der Waals surface area contributed by atoms with Gasteiger partial charge in [0.1, 0.15) is 12.1 Å². The molecule has 4 nitrogen and oxygen atoms in total. The van der Waals surface area contributed by atoms with Crippen LogP contribution in [-0.2, 0) is 6.42 Å². The van der Waals surface area contributed by atoms with Crippen molar-refractivity contribution in [3.8, 4) is 11.4 Å². The van der Waals surface area contributed by atoms with E-state index in [0.717, 1.165) is 23.5 Å². The van der Waals surface area contributed by atoms with E-state index in [2.05, 4.69) is 29.1 Å². The molecule has 0 fully saturated rings. The van der Waals surface area contributed by atoms with E-state index in [1.807, 2.05) is 19.2 Å². The summed E-state index contributed by atoms with van der Waals surface area (Å²) in [7, 11) is 1.86. The van der Waals surface area contributed by atoms with Crippen molar-refractivity contribution < 1.29 is 4.42 Å². The average molecular weight is 231 g/mol. The maximum absolute atomic E-state index is 5.06. The predicted molar refractivity (Wildman–Crippen MR) is 67.8 cm³/mol. The molecule has 1 N–H and O–H groups in total. The summed E-state index contributed by atoms with van der Waals surface area (Å²) < 4.78 is 5.06. The summed E-state index contributed by atoms with van der Waals surface area (Å²) in [4.78, 5) is 8.97. The van der Waals surface area contributed by atoms with Crippen LogP contribution in [0.4, 0.5) is 5.82 Å². The Hall–Kier alpha value is -1.84. The van der Waals surface area contributed by atoms with Gasteiger partial charge in [-0.05, 0) is 18.4 Å². The average Bonchev–Trinajstić information content (AvgIpc) is 2.81. The number of hydrogen-bond acceptors (Lipinski definition) is 4. The third-order valence-electron chi connectivity index (χ3n) is 2.43. The minimum absolute atomic E-state index is 0.576. The number of rotatable bonds is 4. The quantitative estimate of drug-likeness (QED) is 0.878. The highest BCUT2D eigenvalue weighted by molar-refractivity contribution is 5.55. The highest BCUT2D eigenvalue weighted by Gasteiger charge is 2.08. The molecule has 0 saturated heterocycles. The van der Waals surface area contributed by atoms with Gasteiger partial charge in [-0.25, -0.2) is 9.97 Å². The fraction of sp³-hybridized carbons (Fsp3) is 0.385. The van der Waals surface area contributed by atoms with Crippen molar-refractivity contribution >= 4 is 5.82 Å². The molecule has 0 aromatic carbocycles. The summed E-state index contributed by atoms with van der Waals surface area (Å²) in [5.41, 5.74) is 1.96. The Morgan fingerprint density at radius 2 is 2.18 bits per heavy atom. The Balaban J connectivity index is 2.38. The summed E-state index contributed by atoms with van der Waals surface area (Å²) in [6.45, 7) is 4.36. The fourth-order valence-corrected chi connectivity index (χ4v) is 1.67. The summed E-state index contributed by atoms with van der Waals surface area (Å²) in [5.74, 6) is 2.12. The summed E-state index contributed by atoms with van der Waals surface area (Å²) >= 11 is 0. The zero-order chi connectivity index (χ0) is 12.3. The van der Waals surface area contributed by atoms with E-state index in [9.17, 15) is 0 Å². The number of nitrogens with zero attached hydrogens (tertiary/aromatic N) is 2. The fourth-order valence-electron chi connectivity index (χ4n) is 1.67. The van der Waals surface area contributed by atoms with Crippen molar-refractivity contribution in [1.29, 1.82) is 0 Å². The Morgan fingerprint density at radius 1 is 1.35 bits per heavy atom. The monoisotopic (exact) mass is 231 g/mol. The molecule has 2 aromatic rings. The minimum atomic E-state index is 0.576. The van der Waals surface area contributed by atoms with Crippen molar-refractivity contribution in [3.05, 3.63) is 30.4 Å². The second-order valence-electron chi connectivity index (χ2n) is 4.43. The molecule has 0 spiro atoms. The molecule has 2 heterocycles. The van der Waals surface area contributed by atoms with Crippen LogP contribution < -0.4 is 5.32 Å². The molecule has 0 amide bonds. The normalized spacial score (nSPS) is 10.8. The Kier molecular flexibility index (Phi) is 3.42. The van der Waals surface area contributed by atoms with Crippen molar-refractivity contribution in [2.75, 3.05) is 12.4 Å². The molecule has 0 unspecified atom stereocenters. The highest BCUT2D eigenvalue weighted by Crippen LogP contribution is 2.19. The molecule has 17 heavy (non-hydrogen) atoms. The largest absolute Gasteiger partial charge is 0.472 e. The molecule has 90 valence electrons. The van der Waals surface area contributed by atoms with Crippen LogP contribution in [0.1, 0.15) is 19.5 Å².